The van der Waals surface area contributed by atoms with E-state index in [0.717, 1.165) is 23.3 Å². The van der Waals surface area contributed by atoms with Crippen LogP contribution in [0.15, 0.2) is 48.5 Å². The SMILES string of the molecule is O=C(O)c1ccc(CN2CC(O)CC2c2ccc(C(F)(F)F)cc2)cc1. The minimum Gasteiger partial charge on any atom is -0.478 e. The van der Waals surface area contributed by atoms with Crippen LogP contribution in [0.25, 0.3) is 0 Å². The van der Waals surface area contributed by atoms with E-state index in [-0.39, 0.29) is 11.6 Å². The molecule has 0 spiro atoms. The second-order valence-corrected chi connectivity index (χ2v) is 6.46. The van der Waals surface area contributed by atoms with E-state index in [4.69, 9.17) is 5.11 Å². The highest BCUT2D eigenvalue weighted by atomic mass is 19.4. The molecule has 7 heteroatoms. The number of carboxylic acids is 1. The van der Waals surface area contributed by atoms with Gasteiger partial charge in [0.1, 0.15) is 0 Å². The molecule has 0 radical (unpaired) electrons. The van der Waals surface area contributed by atoms with E-state index < -0.39 is 23.8 Å². The molecule has 3 rings (SSSR count). The number of likely N-dealkylation sites (tertiary alicyclic amines) is 1. The number of nitrogens with zero attached hydrogens (tertiary/aromatic N) is 1. The number of aromatic carboxylic acids is 1. The summed E-state index contributed by atoms with van der Waals surface area (Å²) in [6.07, 6.45) is -4.49. The number of carbonyl (C=O) groups is 1. The molecule has 0 saturated carbocycles. The maximum absolute atomic E-state index is 12.7. The summed E-state index contributed by atoms with van der Waals surface area (Å²) in [5.41, 5.74) is 1.09. The van der Waals surface area contributed by atoms with Crippen molar-refractivity contribution in [2.75, 3.05) is 6.54 Å². The minimum atomic E-state index is -4.38. The molecule has 1 saturated heterocycles. The monoisotopic (exact) mass is 365 g/mol. The molecule has 138 valence electrons. The number of hydrogen-bond acceptors (Lipinski definition) is 3. The standard InChI is InChI=1S/C19H18F3NO3/c20-19(21,22)15-7-5-13(6-8-15)17-9-16(24)11-23(17)10-12-1-3-14(4-2-12)18(25)26/h1-8,16-17,24H,9-11H2,(H,25,26). The van der Waals surface area contributed by atoms with Crippen molar-refractivity contribution in [1.29, 1.82) is 0 Å². The first-order chi connectivity index (χ1) is 12.2. The van der Waals surface area contributed by atoms with Gasteiger partial charge in [0, 0.05) is 19.1 Å². The highest BCUT2D eigenvalue weighted by Crippen LogP contribution is 2.35. The molecule has 26 heavy (non-hydrogen) atoms. The van der Waals surface area contributed by atoms with E-state index >= 15 is 0 Å². The Labute approximate surface area is 148 Å². The molecular formula is C19H18F3NO3. The largest absolute Gasteiger partial charge is 0.478 e. The van der Waals surface area contributed by atoms with E-state index in [1.54, 1.807) is 12.1 Å². The third-order valence-corrected chi connectivity index (χ3v) is 4.59. The molecule has 0 amide bonds. The summed E-state index contributed by atoms with van der Waals surface area (Å²) in [4.78, 5) is 12.9. The lowest BCUT2D eigenvalue weighted by molar-refractivity contribution is -0.137. The van der Waals surface area contributed by atoms with Crippen LogP contribution in [0.4, 0.5) is 13.2 Å². The number of halogens is 3. The minimum absolute atomic E-state index is 0.188. The van der Waals surface area contributed by atoms with Crippen LogP contribution in [0, 0.1) is 0 Å². The van der Waals surface area contributed by atoms with Gasteiger partial charge in [0.15, 0.2) is 0 Å². The number of rotatable bonds is 4. The zero-order chi connectivity index (χ0) is 18.9. The quantitative estimate of drug-likeness (QED) is 0.867. The van der Waals surface area contributed by atoms with E-state index in [0.29, 0.717) is 19.5 Å². The smallest absolute Gasteiger partial charge is 0.416 e. The number of aliphatic hydroxyl groups excluding tert-OH is 1. The van der Waals surface area contributed by atoms with Gasteiger partial charge in [-0.05, 0) is 41.8 Å². The molecule has 2 aromatic rings. The van der Waals surface area contributed by atoms with Gasteiger partial charge >= 0.3 is 12.1 Å². The van der Waals surface area contributed by atoms with Crippen LogP contribution >= 0.6 is 0 Å². The van der Waals surface area contributed by atoms with Crippen molar-refractivity contribution in [2.24, 2.45) is 0 Å². The van der Waals surface area contributed by atoms with Crippen LogP contribution < -0.4 is 0 Å². The fourth-order valence-corrected chi connectivity index (χ4v) is 3.28. The first kappa shape index (κ1) is 18.4. The number of aliphatic hydroxyl groups is 1. The molecule has 0 bridgehead atoms. The molecule has 0 aliphatic carbocycles. The third kappa shape index (κ3) is 4.05. The summed E-state index contributed by atoms with van der Waals surface area (Å²) in [6, 6.07) is 11.3. The molecule has 1 aliphatic heterocycles. The summed E-state index contributed by atoms with van der Waals surface area (Å²) in [6.45, 7) is 0.884. The Hall–Kier alpha value is -2.38. The van der Waals surface area contributed by atoms with Crippen LogP contribution in [0.5, 0.6) is 0 Å². The Kier molecular flexibility index (Phi) is 5.02. The van der Waals surface area contributed by atoms with Gasteiger partial charge in [-0.25, -0.2) is 4.79 Å². The number of benzene rings is 2. The molecule has 2 unspecified atom stereocenters. The third-order valence-electron chi connectivity index (χ3n) is 4.59. The van der Waals surface area contributed by atoms with Crippen molar-refractivity contribution in [2.45, 2.75) is 31.3 Å². The van der Waals surface area contributed by atoms with Gasteiger partial charge in [0.2, 0.25) is 0 Å². The average Bonchev–Trinajstić information content (AvgIpc) is 2.95. The molecule has 0 aromatic heterocycles. The Bertz CT molecular complexity index is 772. The molecular weight excluding hydrogens is 347 g/mol. The van der Waals surface area contributed by atoms with Gasteiger partial charge in [-0.15, -0.1) is 0 Å². The molecule has 1 fully saturated rings. The van der Waals surface area contributed by atoms with Crippen molar-refractivity contribution in [3.8, 4) is 0 Å². The van der Waals surface area contributed by atoms with Gasteiger partial charge < -0.3 is 10.2 Å². The number of alkyl halides is 3. The average molecular weight is 365 g/mol. The maximum atomic E-state index is 12.7. The van der Waals surface area contributed by atoms with Gasteiger partial charge in [-0.1, -0.05) is 24.3 Å². The van der Waals surface area contributed by atoms with Gasteiger partial charge in [-0.2, -0.15) is 13.2 Å². The van der Waals surface area contributed by atoms with Crippen molar-refractivity contribution in [3.05, 3.63) is 70.8 Å². The van der Waals surface area contributed by atoms with Crippen molar-refractivity contribution in [3.63, 3.8) is 0 Å². The second kappa shape index (κ2) is 7.09. The molecule has 4 nitrogen and oxygen atoms in total. The molecule has 1 heterocycles. The van der Waals surface area contributed by atoms with Crippen LogP contribution in [0.3, 0.4) is 0 Å². The summed E-state index contributed by atoms with van der Waals surface area (Å²) in [7, 11) is 0. The van der Waals surface area contributed by atoms with Gasteiger partial charge in [0.05, 0.1) is 17.2 Å². The summed E-state index contributed by atoms with van der Waals surface area (Å²) >= 11 is 0. The fourth-order valence-electron chi connectivity index (χ4n) is 3.28. The van der Waals surface area contributed by atoms with Gasteiger partial charge in [0.25, 0.3) is 0 Å². The van der Waals surface area contributed by atoms with E-state index in [2.05, 4.69) is 0 Å². The van der Waals surface area contributed by atoms with E-state index in [9.17, 15) is 23.1 Å². The Morgan fingerprint density at radius 1 is 1.08 bits per heavy atom. The van der Waals surface area contributed by atoms with Crippen LogP contribution in [0.1, 0.15) is 39.5 Å². The molecule has 1 aliphatic rings. The summed E-state index contributed by atoms with van der Waals surface area (Å²) in [5.74, 6) is -1.00. The Morgan fingerprint density at radius 3 is 2.23 bits per heavy atom. The lowest BCUT2D eigenvalue weighted by Gasteiger charge is -2.25. The van der Waals surface area contributed by atoms with Crippen LogP contribution in [-0.2, 0) is 12.7 Å². The summed E-state index contributed by atoms with van der Waals surface area (Å²) < 4.78 is 38.2. The van der Waals surface area contributed by atoms with Crippen molar-refractivity contribution >= 4 is 5.97 Å². The normalized spacial score (nSPS) is 21.1. The Morgan fingerprint density at radius 2 is 1.69 bits per heavy atom. The zero-order valence-electron chi connectivity index (χ0n) is 13.8. The first-order valence-corrected chi connectivity index (χ1v) is 8.15. The second-order valence-electron chi connectivity index (χ2n) is 6.46. The zero-order valence-corrected chi connectivity index (χ0v) is 13.8. The van der Waals surface area contributed by atoms with Gasteiger partial charge in [-0.3, -0.25) is 4.90 Å². The molecule has 2 atom stereocenters. The van der Waals surface area contributed by atoms with Crippen molar-refractivity contribution in [1.82, 2.24) is 4.90 Å². The lowest BCUT2D eigenvalue weighted by atomic mass is 10.0. The lowest BCUT2D eigenvalue weighted by Crippen LogP contribution is -2.24. The highest BCUT2D eigenvalue weighted by Gasteiger charge is 2.34. The number of carboxylic acid groups (broad SMARTS) is 1. The number of hydrogen-bond donors (Lipinski definition) is 2. The summed E-state index contributed by atoms with van der Waals surface area (Å²) in [5, 5.41) is 19.0. The fraction of sp³-hybridized carbons (Fsp3) is 0.316. The van der Waals surface area contributed by atoms with Crippen molar-refractivity contribution < 1.29 is 28.2 Å². The Balaban J connectivity index is 1.77. The topological polar surface area (TPSA) is 60.8 Å². The molecule has 2 aromatic carbocycles. The predicted octanol–water partition coefficient (Wildman–Crippen LogP) is 3.71. The predicted molar refractivity (Wildman–Crippen MR) is 88.6 cm³/mol. The van der Waals surface area contributed by atoms with Crippen LogP contribution in [-0.4, -0.2) is 33.7 Å². The van der Waals surface area contributed by atoms with E-state index in [1.807, 2.05) is 4.90 Å². The number of β-amino-alcohol motifs (C(OH)–C–C–N with tert-alkyl or cyclic N) is 1. The van der Waals surface area contributed by atoms with Crippen LogP contribution in [0.2, 0.25) is 0 Å². The first-order valence-electron chi connectivity index (χ1n) is 8.15. The molecule has 2 N–H and O–H groups in total. The highest BCUT2D eigenvalue weighted by molar-refractivity contribution is 5.87. The maximum Gasteiger partial charge on any atom is 0.416 e. The van der Waals surface area contributed by atoms with E-state index in [1.165, 1.54) is 24.3 Å².